The van der Waals surface area contributed by atoms with Gasteiger partial charge in [-0.3, -0.25) is 9.67 Å². The monoisotopic (exact) mass is 317 g/mol. The van der Waals surface area contributed by atoms with Crippen molar-refractivity contribution in [3.8, 4) is 0 Å². The van der Waals surface area contributed by atoms with Crippen molar-refractivity contribution in [3.63, 3.8) is 0 Å². The van der Waals surface area contributed by atoms with Crippen LogP contribution < -0.4 is 5.32 Å². The zero-order valence-corrected chi connectivity index (χ0v) is 13.9. The summed E-state index contributed by atoms with van der Waals surface area (Å²) in [6.07, 6.45) is 3.75. The lowest BCUT2D eigenvalue weighted by Crippen LogP contribution is -2.40. The molecule has 1 aromatic carbocycles. The van der Waals surface area contributed by atoms with Crippen molar-refractivity contribution in [1.29, 1.82) is 0 Å². The van der Waals surface area contributed by atoms with Gasteiger partial charge in [0.15, 0.2) is 5.96 Å². The smallest absolute Gasteiger partial charge is 0.193 e. The predicted octanol–water partition coefficient (Wildman–Crippen LogP) is 2.37. The summed E-state index contributed by atoms with van der Waals surface area (Å²) in [6.45, 7) is 4.51. The molecule has 5 nitrogen and oxygen atoms in total. The van der Waals surface area contributed by atoms with Crippen molar-refractivity contribution in [2.75, 3.05) is 20.6 Å². The maximum atomic E-state index is 13.0. The number of guanidine groups is 1. The standard InChI is InChI=1S/C17H24FN5/c1-14(12-23-10-4-9-21-23)11-20-17(19-2)22(3)13-15-5-7-16(18)8-6-15/h4-10,14H,11-13H2,1-3H3,(H,19,20). The lowest BCUT2D eigenvalue weighted by atomic mass is 10.2. The number of rotatable bonds is 6. The fourth-order valence-corrected chi connectivity index (χ4v) is 2.38. The van der Waals surface area contributed by atoms with E-state index >= 15 is 0 Å². The fourth-order valence-electron chi connectivity index (χ4n) is 2.38. The van der Waals surface area contributed by atoms with E-state index in [1.807, 2.05) is 28.9 Å². The Balaban J connectivity index is 1.83. The summed E-state index contributed by atoms with van der Waals surface area (Å²) in [5.41, 5.74) is 1.04. The minimum atomic E-state index is -0.216. The first-order valence-corrected chi connectivity index (χ1v) is 7.72. The maximum Gasteiger partial charge on any atom is 0.193 e. The molecule has 2 aromatic rings. The Morgan fingerprint density at radius 1 is 1.39 bits per heavy atom. The van der Waals surface area contributed by atoms with Crippen molar-refractivity contribution in [2.45, 2.75) is 20.0 Å². The molecule has 0 saturated carbocycles. The lowest BCUT2D eigenvalue weighted by Gasteiger charge is -2.23. The Morgan fingerprint density at radius 3 is 2.74 bits per heavy atom. The summed E-state index contributed by atoms with van der Waals surface area (Å²) in [6, 6.07) is 8.46. The number of halogens is 1. The van der Waals surface area contributed by atoms with Crippen LogP contribution in [0.1, 0.15) is 12.5 Å². The van der Waals surface area contributed by atoms with Crippen LogP contribution in [0.2, 0.25) is 0 Å². The molecular weight excluding hydrogens is 293 g/mol. The van der Waals surface area contributed by atoms with Gasteiger partial charge in [0.1, 0.15) is 5.82 Å². The van der Waals surface area contributed by atoms with Gasteiger partial charge in [-0.05, 0) is 29.7 Å². The van der Waals surface area contributed by atoms with E-state index in [0.717, 1.165) is 24.6 Å². The molecule has 0 radical (unpaired) electrons. The molecule has 6 heteroatoms. The number of nitrogens with zero attached hydrogens (tertiary/aromatic N) is 4. The molecule has 23 heavy (non-hydrogen) atoms. The van der Waals surface area contributed by atoms with Gasteiger partial charge in [-0.15, -0.1) is 0 Å². The summed E-state index contributed by atoms with van der Waals surface area (Å²) < 4.78 is 14.9. The first kappa shape index (κ1) is 17.0. The normalized spacial score (nSPS) is 13.0. The van der Waals surface area contributed by atoms with Gasteiger partial charge in [-0.25, -0.2) is 4.39 Å². The number of hydrogen-bond acceptors (Lipinski definition) is 2. The topological polar surface area (TPSA) is 45.5 Å². The van der Waals surface area contributed by atoms with Gasteiger partial charge < -0.3 is 10.2 Å². The quantitative estimate of drug-likeness (QED) is 0.657. The lowest BCUT2D eigenvalue weighted by molar-refractivity contribution is 0.423. The SMILES string of the molecule is CN=C(NCC(C)Cn1cccn1)N(C)Cc1ccc(F)cc1. The van der Waals surface area contributed by atoms with Gasteiger partial charge >= 0.3 is 0 Å². The summed E-state index contributed by atoms with van der Waals surface area (Å²) in [4.78, 5) is 6.33. The summed E-state index contributed by atoms with van der Waals surface area (Å²) in [5, 5.41) is 7.59. The Bertz CT molecular complexity index is 606. The molecule has 0 spiro atoms. The molecular formula is C17H24FN5. The van der Waals surface area contributed by atoms with Crippen molar-refractivity contribution in [3.05, 3.63) is 54.1 Å². The van der Waals surface area contributed by atoms with E-state index in [1.165, 1.54) is 12.1 Å². The molecule has 2 rings (SSSR count). The second kappa shape index (κ2) is 8.31. The van der Waals surface area contributed by atoms with Crippen molar-refractivity contribution >= 4 is 5.96 Å². The van der Waals surface area contributed by atoms with Crippen LogP contribution in [0.3, 0.4) is 0 Å². The third-order valence-electron chi connectivity index (χ3n) is 3.57. The maximum absolute atomic E-state index is 13.0. The van der Waals surface area contributed by atoms with E-state index in [-0.39, 0.29) is 5.82 Å². The molecule has 1 aromatic heterocycles. The number of nitrogens with one attached hydrogen (secondary N) is 1. The average molecular weight is 317 g/mol. The van der Waals surface area contributed by atoms with E-state index in [4.69, 9.17) is 0 Å². The van der Waals surface area contributed by atoms with Crippen LogP contribution in [0, 0.1) is 11.7 Å². The molecule has 0 amide bonds. The molecule has 1 atom stereocenters. The van der Waals surface area contributed by atoms with Crippen LogP contribution in [0.15, 0.2) is 47.7 Å². The molecule has 0 aliphatic rings. The van der Waals surface area contributed by atoms with Crippen LogP contribution in [-0.4, -0.2) is 41.3 Å². The molecule has 124 valence electrons. The molecule has 0 saturated heterocycles. The highest BCUT2D eigenvalue weighted by atomic mass is 19.1. The molecule has 0 bridgehead atoms. The first-order chi connectivity index (χ1) is 11.1. The van der Waals surface area contributed by atoms with Gasteiger partial charge in [0.2, 0.25) is 0 Å². The number of hydrogen-bond donors (Lipinski definition) is 1. The summed E-state index contributed by atoms with van der Waals surface area (Å²) >= 11 is 0. The van der Waals surface area contributed by atoms with E-state index in [0.29, 0.717) is 12.5 Å². The van der Waals surface area contributed by atoms with Crippen LogP contribution >= 0.6 is 0 Å². The van der Waals surface area contributed by atoms with Crippen molar-refractivity contribution in [1.82, 2.24) is 20.0 Å². The molecule has 1 heterocycles. The predicted molar refractivity (Wildman–Crippen MR) is 90.6 cm³/mol. The molecule has 0 aliphatic carbocycles. The van der Waals surface area contributed by atoms with Crippen LogP contribution in [0.5, 0.6) is 0 Å². The minimum Gasteiger partial charge on any atom is -0.356 e. The Morgan fingerprint density at radius 2 is 2.13 bits per heavy atom. The molecule has 0 fully saturated rings. The number of benzene rings is 1. The summed E-state index contributed by atoms with van der Waals surface area (Å²) in [7, 11) is 3.73. The van der Waals surface area contributed by atoms with Gasteiger partial charge in [-0.1, -0.05) is 19.1 Å². The Labute approximate surface area is 136 Å². The van der Waals surface area contributed by atoms with Crippen LogP contribution in [0.25, 0.3) is 0 Å². The second-order valence-corrected chi connectivity index (χ2v) is 5.74. The number of aliphatic imine (C=N–C) groups is 1. The van der Waals surface area contributed by atoms with Crippen LogP contribution in [-0.2, 0) is 13.1 Å². The zero-order chi connectivity index (χ0) is 16.7. The van der Waals surface area contributed by atoms with Crippen molar-refractivity contribution < 1.29 is 4.39 Å². The molecule has 0 aliphatic heterocycles. The van der Waals surface area contributed by atoms with Gasteiger partial charge in [0.05, 0.1) is 0 Å². The highest BCUT2D eigenvalue weighted by molar-refractivity contribution is 5.79. The van der Waals surface area contributed by atoms with Crippen molar-refractivity contribution in [2.24, 2.45) is 10.9 Å². The first-order valence-electron chi connectivity index (χ1n) is 7.72. The van der Waals surface area contributed by atoms with Gasteiger partial charge in [0, 0.05) is 46.1 Å². The minimum absolute atomic E-state index is 0.216. The van der Waals surface area contributed by atoms with E-state index in [9.17, 15) is 4.39 Å². The van der Waals surface area contributed by atoms with Gasteiger partial charge in [-0.2, -0.15) is 5.10 Å². The largest absolute Gasteiger partial charge is 0.356 e. The average Bonchev–Trinajstić information content (AvgIpc) is 3.03. The van der Waals surface area contributed by atoms with Gasteiger partial charge in [0.25, 0.3) is 0 Å². The van der Waals surface area contributed by atoms with E-state index in [1.54, 1.807) is 25.4 Å². The molecule has 1 unspecified atom stereocenters. The summed E-state index contributed by atoms with van der Waals surface area (Å²) in [5.74, 6) is 1.03. The zero-order valence-electron chi connectivity index (χ0n) is 13.9. The Hall–Kier alpha value is -2.37. The number of aromatic nitrogens is 2. The third kappa shape index (κ3) is 5.39. The van der Waals surface area contributed by atoms with E-state index < -0.39 is 0 Å². The highest BCUT2D eigenvalue weighted by Gasteiger charge is 2.09. The molecule has 1 N–H and O–H groups in total. The highest BCUT2D eigenvalue weighted by Crippen LogP contribution is 2.06. The van der Waals surface area contributed by atoms with Crippen LogP contribution in [0.4, 0.5) is 4.39 Å². The second-order valence-electron chi connectivity index (χ2n) is 5.74. The van der Waals surface area contributed by atoms with E-state index in [2.05, 4.69) is 22.3 Å². The fraction of sp³-hybridized carbons (Fsp3) is 0.412. The third-order valence-corrected chi connectivity index (χ3v) is 3.57. The Kier molecular flexibility index (Phi) is 6.14.